The molecule has 0 amide bonds. The molecule has 78 valence electrons. The molecule has 2 heterocycles. The van der Waals surface area contributed by atoms with Crippen molar-refractivity contribution in [1.29, 1.82) is 0 Å². The van der Waals surface area contributed by atoms with E-state index in [0.717, 1.165) is 5.69 Å². The Morgan fingerprint density at radius 3 is 3.00 bits per heavy atom. The molecule has 0 N–H and O–H groups in total. The van der Waals surface area contributed by atoms with Gasteiger partial charge < -0.3 is 4.57 Å². The third kappa shape index (κ3) is 2.15. The molecule has 15 heavy (non-hydrogen) atoms. The minimum Gasteiger partial charge on any atom is -0.308 e. The van der Waals surface area contributed by atoms with E-state index in [4.69, 9.17) is 0 Å². The molecule has 0 spiro atoms. The van der Waals surface area contributed by atoms with E-state index in [0.29, 0.717) is 11.0 Å². The first-order chi connectivity index (χ1) is 7.16. The first kappa shape index (κ1) is 10.1. The summed E-state index contributed by atoms with van der Waals surface area (Å²) in [6.45, 7) is 0.437. The molecule has 2 aromatic rings. The molecule has 2 rings (SSSR count). The van der Waals surface area contributed by atoms with Crippen LogP contribution in [0.1, 0.15) is 5.69 Å². The van der Waals surface area contributed by atoms with Gasteiger partial charge in [-0.05, 0) is 28.1 Å². The maximum atomic E-state index is 11.6. The van der Waals surface area contributed by atoms with E-state index in [2.05, 4.69) is 26.1 Å². The minimum atomic E-state index is -0.0665. The molecule has 6 heteroatoms. The van der Waals surface area contributed by atoms with Gasteiger partial charge in [0.05, 0.1) is 17.2 Å². The fourth-order valence-corrected chi connectivity index (χ4v) is 1.65. The number of nitrogens with zero attached hydrogens (tertiary/aromatic N) is 4. The van der Waals surface area contributed by atoms with Crippen molar-refractivity contribution in [3.8, 4) is 0 Å². The molecule has 2 aromatic heterocycles. The predicted octanol–water partition coefficient (Wildman–Crippen LogP) is 0.788. The molecule has 0 aliphatic carbocycles. The number of pyridine rings is 1. The largest absolute Gasteiger partial charge is 0.308 e. The highest BCUT2D eigenvalue weighted by atomic mass is 79.9. The summed E-state index contributed by atoms with van der Waals surface area (Å²) in [6.07, 6.45) is 3.37. The number of hydrogen-bond acceptors (Lipinski definition) is 3. The second-order valence-corrected chi connectivity index (χ2v) is 3.97. The highest BCUT2D eigenvalue weighted by Crippen LogP contribution is 2.02. The first-order valence-electron chi connectivity index (χ1n) is 4.37. The van der Waals surface area contributed by atoms with Gasteiger partial charge in [0.25, 0.3) is 5.56 Å². The molecular formula is C9H9BrN4O. The Kier molecular flexibility index (Phi) is 2.68. The van der Waals surface area contributed by atoms with Gasteiger partial charge in [0, 0.05) is 13.2 Å². The summed E-state index contributed by atoms with van der Waals surface area (Å²) in [5.74, 6) is 0. The van der Waals surface area contributed by atoms with Crippen LogP contribution in [-0.2, 0) is 13.6 Å². The predicted molar refractivity (Wildman–Crippen MR) is 58.5 cm³/mol. The third-order valence-corrected chi connectivity index (χ3v) is 2.56. The van der Waals surface area contributed by atoms with Gasteiger partial charge in [0.15, 0.2) is 0 Å². The van der Waals surface area contributed by atoms with Crippen LogP contribution in [0.25, 0.3) is 0 Å². The van der Waals surface area contributed by atoms with Crippen LogP contribution < -0.4 is 5.56 Å². The topological polar surface area (TPSA) is 52.7 Å². The Hall–Kier alpha value is -1.43. The maximum absolute atomic E-state index is 11.6. The van der Waals surface area contributed by atoms with Crippen LogP contribution in [0.2, 0.25) is 0 Å². The van der Waals surface area contributed by atoms with Crippen molar-refractivity contribution < 1.29 is 0 Å². The Labute approximate surface area is 94.5 Å². The number of halogens is 1. The number of aryl methyl sites for hydroxylation is 1. The zero-order chi connectivity index (χ0) is 10.8. The average Bonchev–Trinajstić information content (AvgIpc) is 2.59. The Bertz CT molecular complexity index is 531. The molecule has 0 aromatic carbocycles. The molecule has 0 unspecified atom stereocenters. The zero-order valence-electron chi connectivity index (χ0n) is 8.09. The highest BCUT2D eigenvalue weighted by molar-refractivity contribution is 9.10. The van der Waals surface area contributed by atoms with Gasteiger partial charge in [-0.3, -0.25) is 4.79 Å². The number of aromatic nitrogens is 4. The van der Waals surface area contributed by atoms with Crippen molar-refractivity contribution in [2.45, 2.75) is 6.54 Å². The van der Waals surface area contributed by atoms with Crippen LogP contribution in [0.4, 0.5) is 0 Å². The Morgan fingerprint density at radius 2 is 2.33 bits per heavy atom. The van der Waals surface area contributed by atoms with E-state index >= 15 is 0 Å². The molecule has 0 fully saturated rings. The SMILES string of the molecule is Cn1ncc(Cn2cccc(Br)c2=O)n1. The van der Waals surface area contributed by atoms with E-state index in [1.165, 1.54) is 4.80 Å². The highest BCUT2D eigenvalue weighted by Gasteiger charge is 2.03. The second-order valence-electron chi connectivity index (χ2n) is 3.11. The van der Waals surface area contributed by atoms with Gasteiger partial charge in [-0.2, -0.15) is 15.0 Å². The van der Waals surface area contributed by atoms with Crippen LogP contribution in [0.5, 0.6) is 0 Å². The lowest BCUT2D eigenvalue weighted by Crippen LogP contribution is -2.20. The second kappa shape index (κ2) is 3.98. The summed E-state index contributed by atoms with van der Waals surface area (Å²) in [5.41, 5.74) is 0.695. The van der Waals surface area contributed by atoms with E-state index in [1.807, 2.05) is 6.07 Å². The van der Waals surface area contributed by atoms with Crippen LogP contribution >= 0.6 is 15.9 Å². The summed E-state index contributed by atoms with van der Waals surface area (Å²) in [5, 5.41) is 8.05. The van der Waals surface area contributed by atoms with Gasteiger partial charge in [-0.25, -0.2) is 0 Å². The Balaban J connectivity index is 2.32. The van der Waals surface area contributed by atoms with Crippen LogP contribution in [0.3, 0.4) is 0 Å². The fraction of sp³-hybridized carbons (Fsp3) is 0.222. The summed E-state index contributed by atoms with van der Waals surface area (Å²) < 4.78 is 2.13. The smallest absolute Gasteiger partial charge is 0.265 e. The number of rotatable bonds is 2. The average molecular weight is 269 g/mol. The van der Waals surface area contributed by atoms with E-state index in [-0.39, 0.29) is 5.56 Å². The maximum Gasteiger partial charge on any atom is 0.265 e. The van der Waals surface area contributed by atoms with Crippen LogP contribution in [0.15, 0.2) is 33.8 Å². The van der Waals surface area contributed by atoms with Gasteiger partial charge in [0.1, 0.15) is 5.69 Å². The van der Waals surface area contributed by atoms with Crippen molar-refractivity contribution in [2.24, 2.45) is 7.05 Å². The van der Waals surface area contributed by atoms with Gasteiger partial charge in [0.2, 0.25) is 0 Å². The molecule has 5 nitrogen and oxygen atoms in total. The monoisotopic (exact) mass is 268 g/mol. The summed E-state index contributed by atoms with van der Waals surface area (Å²) in [7, 11) is 1.74. The molecule has 0 saturated carbocycles. The lowest BCUT2D eigenvalue weighted by molar-refractivity contribution is 0.633. The van der Waals surface area contributed by atoms with Crippen molar-refractivity contribution in [3.05, 3.63) is 45.0 Å². The van der Waals surface area contributed by atoms with Crippen molar-refractivity contribution in [3.63, 3.8) is 0 Å². The molecule has 0 radical (unpaired) electrons. The summed E-state index contributed by atoms with van der Waals surface area (Å²) in [4.78, 5) is 13.1. The molecule has 0 atom stereocenters. The number of hydrogen-bond donors (Lipinski definition) is 0. The lowest BCUT2D eigenvalue weighted by atomic mass is 10.4. The zero-order valence-corrected chi connectivity index (χ0v) is 9.68. The van der Waals surface area contributed by atoms with Crippen LogP contribution in [-0.4, -0.2) is 19.6 Å². The molecule has 0 aliphatic heterocycles. The van der Waals surface area contributed by atoms with Crippen molar-refractivity contribution in [2.75, 3.05) is 0 Å². The normalized spacial score (nSPS) is 10.5. The standard InChI is InChI=1S/C9H9BrN4O/c1-13-11-5-7(12-13)6-14-4-2-3-8(10)9(14)15/h2-5H,6H2,1H3. The van der Waals surface area contributed by atoms with Gasteiger partial charge in [-0.15, -0.1) is 0 Å². The van der Waals surface area contributed by atoms with Gasteiger partial charge >= 0.3 is 0 Å². The molecule has 0 aliphatic rings. The molecule has 0 bridgehead atoms. The van der Waals surface area contributed by atoms with Gasteiger partial charge in [-0.1, -0.05) is 0 Å². The van der Waals surface area contributed by atoms with Crippen molar-refractivity contribution >= 4 is 15.9 Å². The van der Waals surface area contributed by atoms with E-state index in [1.54, 1.807) is 30.1 Å². The third-order valence-electron chi connectivity index (χ3n) is 1.95. The first-order valence-corrected chi connectivity index (χ1v) is 5.16. The van der Waals surface area contributed by atoms with E-state index in [9.17, 15) is 4.79 Å². The fourth-order valence-electron chi connectivity index (χ4n) is 1.27. The minimum absolute atomic E-state index is 0.0665. The van der Waals surface area contributed by atoms with E-state index < -0.39 is 0 Å². The lowest BCUT2D eigenvalue weighted by Gasteiger charge is -2.02. The quantitative estimate of drug-likeness (QED) is 0.809. The molecular weight excluding hydrogens is 260 g/mol. The van der Waals surface area contributed by atoms with Crippen LogP contribution in [0, 0.1) is 0 Å². The Morgan fingerprint density at radius 1 is 1.53 bits per heavy atom. The summed E-state index contributed by atoms with van der Waals surface area (Å²) in [6, 6.07) is 3.53. The molecule has 0 saturated heterocycles. The van der Waals surface area contributed by atoms with Crippen molar-refractivity contribution in [1.82, 2.24) is 19.6 Å². The summed E-state index contributed by atoms with van der Waals surface area (Å²) >= 11 is 3.19.